The molecule has 2 aromatic carbocycles. The third kappa shape index (κ3) is 4.41. The number of methoxy groups -OCH3 is 2. The summed E-state index contributed by atoms with van der Waals surface area (Å²) in [6.07, 6.45) is 0. The number of carbonyl (C=O) groups is 1. The molecule has 0 radical (unpaired) electrons. The highest BCUT2D eigenvalue weighted by molar-refractivity contribution is 6.62. The smallest absolute Gasteiger partial charge is 0.494 e. The number of hydrogen-bond acceptors (Lipinski definition) is 6. The van der Waals surface area contributed by atoms with Crippen molar-refractivity contribution >= 4 is 18.6 Å². The summed E-state index contributed by atoms with van der Waals surface area (Å²) in [6, 6.07) is 12.8. The van der Waals surface area contributed by atoms with Gasteiger partial charge in [0.2, 0.25) is 0 Å². The van der Waals surface area contributed by atoms with Gasteiger partial charge in [0.05, 0.1) is 25.4 Å². The number of ether oxygens (including phenoxy) is 3. The molecule has 0 amide bonds. The summed E-state index contributed by atoms with van der Waals surface area (Å²) >= 11 is 0. The summed E-state index contributed by atoms with van der Waals surface area (Å²) in [5, 5.41) is 0. The molecule has 0 unspecified atom stereocenters. The minimum Gasteiger partial charge on any atom is -0.497 e. The topological polar surface area (TPSA) is 63.2 Å². The van der Waals surface area contributed by atoms with E-state index in [1.54, 1.807) is 25.3 Å². The van der Waals surface area contributed by atoms with Crippen molar-refractivity contribution < 1.29 is 28.3 Å². The Morgan fingerprint density at radius 1 is 0.966 bits per heavy atom. The van der Waals surface area contributed by atoms with Crippen LogP contribution in [-0.2, 0) is 20.7 Å². The second-order valence-electron chi connectivity index (χ2n) is 7.97. The quantitative estimate of drug-likeness (QED) is 0.549. The Kier molecular flexibility index (Phi) is 5.91. The molecule has 0 aromatic heterocycles. The molecule has 1 saturated heterocycles. The number of hydrogen-bond donors (Lipinski definition) is 0. The van der Waals surface area contributed by atoms with Crippen molar-refractivity contribution in [2.45, 2.75) is 45.5 Å². The molecular weight excluding hydrogens is 371 g/mol. The van der Waals surface area contributed by atoms with E-state index < -0.39 is 24.3 Å². The average molecular weight is 398 g/mol. The normalized spacial score (nSPS) is 17.1. The predicted molar refractivity (Wildman–Crippen MR) is 111 cm³/mol. The lowest BCUT2D eigenvalue weighted by Crippen LogP contribution is -2.41. The van der Waals surface area contributed by atoms with Gasteiger partial charge in [-0.15, -0.1) is 0 Å². The Balaban J connectivity index is 1.85. The number of esters is 1. The van der Waals surface area contributed by atoms with Crippen molar-refractivity contribution in [3.8, 4) is 11.5 Å². The summed E-state index contributed by atoms with van der Waals surface area (Å²) in [5.41, 5.74) is 1.16. The van der Waals surface area contributed by atoms with Crippen LogP contribution in [0.25, 0.3) is 0 Å². The Hall–Kier alpha value is -2.51. The van der Waals surface area contributed by atoms with Gasteiger partial charge in [-0.2, -0.15) is 0 Å². The van der Waals surface area contributed by atoms with Crippen LogP contribution < -0.4 is 14.9 Å². The highest BCUT2D eigenvalue weighted by Crippen LogP contribution is 2.36. The lowest BCUT2D eigenvalue weighted by molar-refractivity contribution is 0.00578. The zero-order chi connectivity index (χ0) is 21.2. The highest BCUT2D eigenvalue weighted by atomic mass is 16.7. The van der Waals surface area contributed by atoms with Crippen molar-refractivity contribution in [3.63, 3.8) is 0 Å². The van der Waals surface area contributed by atoms with Crippen molar-refractivity contribution in [1.29, 1.82) is 0 Å². The maximum atomic E-state index is 12.2. The third-order valence-electron chi connectivity index (χ3n) is 5.49. The zero-order valence-corrected chi connectivity index (χ0v) is 17.8. The van der Waals surface area contributed by atoms with Crippen molar-refractivity contribution in [3.05, 3.63) is 53.6 Å². The second kappa shape index (κ2) is 8.09. The minimum atomic E-state index is -0.546. The van der Waals surface area contributed by atoms with Crippen molar-refractivity contribution in [1.82, 2.24) is 0 Å². The zero-order valence-electron chi connectivity index (χ0n) is 17.8. The van der Waals surface area contributed by atoms with Gasteiger partial charge >= 0.3 is 13.1 Å². The van der Waals surface area contributed by atoms with Crippen molar-refractivity contribution in [2.75, 3.05) is 14.2 Å². The first-order chi connectivity index (χ1) is 13.7. The Morgan fingerprint density at radius 2 is 1.59 bits per heavy atom. The number of benzene rings is 2. The molecule has 0 aliphatic carbocycles. The van der Waals surface area contributed by atoms with Crippen molar-refractivity contribution in [2.24, 2.45) is 0 Å². The van der Waals surface area contributed by atoms with E-state index in [1.807, 2.05) is 52.0 Å². The number of carbonyl (C=O) groups excluding carboxylic acids is 1. The van der Waals surface area contributed by atoms with E-state index in [2.05, 4.69) is 0 Å². The van der Waals surface area contributed by atoms with Gasteiger partial charge in [-0.1, -0.05) is 18.2 Å². The summed E-state index contributed by atoms with van der Waals surface area (Å²) in [4.78, 5) is 12.2. The summed E-state index contributed by atoms with van der Waals surface area (Å²) in [6.45, 7) is 8.28. The van der Waals surface area contributed by atoms with Gasteiger partial charge in [-0.05, 0) is 63.0 Å². The van der Waals surface area contributed by atoms with Gasteiger partial charge in [-0.25, -0.2) is 4.79 Å². The molecule has 0 bridgehead atoms. The molecule has 1 heterocycles. The lowest BCUT2D eigenvalue weighted by atomic mass is 9.78. The molecule has 29 heavy (non-hydrogen) atoms. The Morgan fingerprint density at radius 3 is 2.14 bits per heavy atom. The molecule has 7 heteroatoms. The predicted octanol–water partition coefficient (Wildman–Crippen LogP) is 3.36. The maximum absolute atomic E-state index is 12.2. The van der Waals surface area contributed by atoms with Gasteiger partial charge in [0, 0.05) is 0 Å². The van der Waals surface area contributed by atoms with Gasteiger partial charge in [-0.3, -0.25) is 0 Å². The molecule has 154 valence electrons. The van der Waals surface area contributed by atoms with Crippen LogP contribution in [0.4, 0.5) is 0 Å². The van der Waals surface area contributed by atoms with Crippen LogP contribution in [0.15, 0.2) is 42.5 Å². The fourth-order valence-corrected chi connectivity index (χ4v) is 2.95. The fraction of sp³-hybridized carbons (Fsp3) is 0.409. The Bertz CT molecular complexity index is 859. The van der Waals surface area contributed by atoms with E-state index in [-0.39, 0.29) is 0 Å². The van der Waals surface area contributed by atoms with E-state index in [0.29, 0.717) is 17.9 Å². The SMILES string of the molecule is COC(=O)c1ccc(B2OC(C)(C)C(C)(C)O2)cc1OCc1ccc(OC)cc1. The van der Waals surface area contributed by atoms with E-state index in [0.717, 1.165) is 16.8 Å². The number of rotatable bonds is 6. The first-order valence-electron chi connectivity index (χ1n) is 9.50. The summed E-state index contributed by atoms with van der Waals surface area (Å²) < 4.78 is 28.3. The van der Waals surface area contributed by atoms with Crippen LogP contribution in [0.3, 0.4) is 0 Å². The van der Waals surface area contributed by atoms with E-state index in [1.165, 1.54) is 7.11 Å². The molecule has 0 N–H and O–H groups in total. The summed E-state index contributed by atoms with van der Waals surface area (Å²) in [7, 11) is 2.42. The minimum absolute atomic E-state index is 0.292. The molecule has 0 spiro atoms. The molecule has 6 nitrogen and oxygen atoms in total. The summed E-state index contributed by atoms with van der Waals surface area (Å²) in [5.74, 6) is 0.724. The standard InChI is InChI=1S/C22H27BO6/c1-21(2)22(3,4)29-23(28-21)16-9-12-18(20(24)26-6)19(13-16)27-14-15-7-10-17(25-5)11-8-15/h7-13H,14H2,1-6H3. The van der Waals surface area contributed by atoms with Crippen LogP contribution in [0, 0.1) is 0 Å². The monoisotopic (exact) mass is 398 g/mol. The first kappa shape index (κ1) is 21.2. The van der Waals surface area contributed by atoms with E-state index >= 15 is 0 Å². The molecule has 1 aliphatic rings. The average Bonchev–Trinajstić information content (AvgIpc) is 2.93. The molecule has 3 rings (SSSR count). The van der Waals surface area contributed by atoms with E-state index in [4.69, 9.17) is 23.5 Å². The molecule has 0 saturated carbocycles. The maximum Gasteiger partial charge on any atom is 0.494 e. The first-order valence-corrected chi connectivity index (χ1v) is 9.50. The Labute approximate surface area is 172 Å². The van der Waals surface area contributed by atoms with E-state index in [9.17, 15) is 4.79 Å². The third-order valence-corrected chi connectivity index (χ3v) is 5.49. The largest absolute Gasteiger partial charge is 0.497 e. The van der Waals surface area contributed by atoms with Gasteiger partial charge < -0.3 is 23.5 Å². The fourth-order valence-electron chi connectivity index (χ4n) is 2.95. The van der Waals surface area contributed by atoms with Gasteiger partial charge in [0.25, 0.3) is 0 Å². The molecular formula is C22H27BO6. The van der Waals surface area contributed by atoms with Crippen LogP contribution in [-0.4, -0.2) is 38.5 Å². The molecule has 1 aliphatic heterocycles. The van der Waals surface area contributed by atoms with Gasteiger partial charge in [0.1, 0.15) is 23.7 Å². The van der Waals surface area contributed by atoms with Crippen LogP contribution in [0.5, 0.6) is 11.5 Å². The molecule has 1 fully saturated rings. The molecule has 2 aromatic rings. The highest BCUT2D eigenvalue weighted by Gasteiger charge is 2.51. The van der Waals surface area contributed by atoms with Crippen LogP contribution >= 0.6 is 0 Å². The second-order valence-corrected chi connectivity index (χ2v) is 7.97. The van der Waals surface area contributed by atoms with Crippen LogP contribution in [0.1, 0.15) is 43.6 Å². The lowest BCUT2D eigenvalue weighted by Gasteiger charge is -2.32. The molecule has 0 atom stereocenters. The van der Waals surface area contributed by atoms with Crippen LogP contribution in [0.2, 0.25) is 0 Å². The van der Waals surface area contributed by atoms with Gasteiger partial charge in [0.15, 0.2) is 0 Å².